The topological polar surface area (TPSA) is 15.7 Å². The van der Waals surface area contributed by atoms with E-state index in [4.69, 9.17) is 4.74 Å². The third-order valence-electron chi connectivity index (χ3n) is 1.95. The summed E-state index contributed by atoms with van der Waals surface area (Å²) in [6.45, 7) is 3.86. The van der Waals surface area contributed by atoms with E-state index in [1.165, 1.54) is 5.70 Å². The molecule has 0 N–H and O–H groups in total. The highest BCUT2D eigenvalue weighted by molar-refractivity contribution is 5.04. The summed E-state index contributed by atoms with van der Waals surface area (Å²) in [6.07, 6.45) is 0. The second-order valence-electron chi connectivity index (χ2n) is 3.06. The first-order valence-electron chi connectivity index (χ1n) is 3.85. The summed E-state index contributed by atoms with van der Waals surface area (Å²) in [4.78, 5) is 4.21. The molecule has 0 aromatic rings. The maximum atomic E-state index is 5.49. The number of hydrogen-bond acceptors (Lipinski definition) is 3. The first-order valence-corrected chi connectivity index (χ1v) is 3.85. The fourth-order valence-corrected chi connectivity index (χ4v) is 1.17. The van der Waals surface area contributed by atoms with Gasteiger partial charge in [-0.1, -0.05) is 0 Å². The number of nitrogens with zero attached hydrogens (tertiary/aromatic N) is 2. The molecule has 0 spiro atoms. The van der Waals surface area contributed by atoms with Crippen molar-refractivity contribution in [2.45, 2.75) is 6.92 Å². The van der Waals surface area contributed by atoms with Gasteiger partial charge in [0.15, 0.2) is 0 Å². The van der Waals surface area contributed by atoms with Gasteiger partial charge in [0.25, 0.3) is 0 Å². The fourth-order valence-electron chi connectivity index (χ4n) is 1.17. The summed E-state index contributed by atoms with van der Waals surface area (Å²) in [5.74, 6) is 0.985. The van der Waals surface area contributed by atoms with E-state index in [9.17, 15) is 0 Å². The summed E-state index contributed by atoms with van der Waals surface area (Å²) in [5, 5.41) is 0. The van der Waals surface area contributed by atoms with Gasteiger partial charge in [-0.3, -0.25) is 0 Å². The molecule has 0 saturated carbocycles. The lowest BCUT2D eigenvalue weighted by Gasteiger charge is -2.31. The van der Waals surface area contributed by atoms with Crippen molar-refractivity contribution in [3.63, 3.8) is 0 Å². The Hall–Kier alpha value is -0.860. The molecule has 1 heterocycles. The van der Waals surface area contributed by atoms with Crippen LogP contribution in [0.1, 0.15) is 6.92 Å². The Morgan fingerprint density at radius 2 is 2.09 bits per heavy atom. The second kappa shape index (κ2) is 3.03. The summed E-state index contributed by atoms with van der Waals surface area (Å²) < 4.78 is 5.49. The van der Waals surface area contributed by atoms with E-state index in [-0.39, 0.29) is 0 Å². The van der Waals surface area contributed by atoms with E-state index < -0.39 is 0 Å². The van der Waals surface area contributed by atoms with E-state index in [1.54, 1.807) is 0 Å². The van der Waals surface area contributed by atoms with Gasteiger partial charge in [-0.2, -0.15) is 0 Å². The predicted octanol–water partition coefficient (Wildman–Crippen LogP) is 0.699. The molecule has 0 aromatic heterocycles. The Balaban J connectivity index is 2.80. The molecule has 1 aliphatic rings. The summed E-state index contributed by atoms with van der Waals surface area (Å²) in [7, 11) is 6.08. The quantitative estimate of drug-likeness (QED) is 0.556. The smallest absolute Gasteiger partial charge is 0.208 e. The largest absolute Gasteiger partial charge is 0.476 e. The Morgan fingerprint density at radius 1 is 1.45 bits per heavy atom. The molecule has 0 aromatic carbocycles. The molecule has 0 radical (unpaired) electrons. The molecule has 64 valence electrons. The average Bonchev–Trinajstić information content (AvgIpc) is 1.94. The number of hydrogen-bond donors (Lipinski definition) is 0. The second-order valence-corrected chi connectivity index (χ2v) is 3.06. The minimum atomic E-state index is 0.793. The summed E-state index contributed by atoms with van der Waals surface area (Å²) >= 11 is 0. The lowest BCUT2D eigenvalue weighted by molar-refractivity contribution is 0.0865. The zero-order valence-corrected chi connectivity index (χ0v) is 7.72. The zero-order chi connectivity index (χ0) is 8.43. The number of ether oxygens (including phenoxy) is 1. The van der Waals surface area contributed by atoms with Crippen LogP contribution < -0.4 is 0 Å². The summed E-state index contributed by atoms with van der Waals surface area (Å²) in [5.41, 5.74) is 1.21. The van der Waals surface area contributed by atoms with Crippen LogP contribution in [0, 0.1) is 0 Å². The zero-order valence-electron chi connectivity index (χ0n) is 7.72. The van der Waals surface area contributed by atoms with Crippen LogP contribution in [0.5, 0.6) is 0 Å². The van der Waals surface area contributed by atoms with Crippen molar-refractivity contribution in [3.05, 3.63) is 11.6 Å². The molecule has 0 unspecified atom stereocenters. The molecular weight excluding hydrogens is 140 g/mol. The molecule has 0 aliphatic carbocycles. The van der Waals surface area contributed by atoms with Crippen LogP contribution in [-0.2, 0) is 4.74 Å². The Kier molecular flexibility index (Phi) is 2.27. The average molecular weight is 156 g/mol. The van der Waals surface area contributed by atoms with E-state index >= 15 is 0 Å². The lowest BCUT2D eigenvalue weighted by atomic mass is 10.4. The fraction of sp³-hybridized carbons (Fsp3) is 0.750. The molecule has 0 saturated heterocycles. The molecule has 1 aliphatic heterocycles. The van der Waals surface area contributed by atoms with Crippen molar-refractivity contribution >= 4 is 0 Å². The number of allylic oxidation sites excluding steroid dienone is 1. The molecule has 0 amide bonds. The molecule has 0 atom stereocenters. The molecule has 11 heavy (non-hydrogen) atoms. The highest BCUT2D eigenvalue weighted by Crippen LogP contribution is 2.15. The third-order valence-corrected chi connectivity index (χ3v) is 1.95. The third kappa shape index (κ3) is 1.59. The first kappa shape index (κ1) is 8.24. The lowest BCUT2D eigenvalue weighted by Crippen LogP contribution is -2.32. The van der Waals surface area contributed by atoms with Gasteiger partial charge in [-0.15, -0.1) is 0 Å². The highest BCUT2D eigenvalue weighted by atomic mass is 16.5. The molecular formula is C8H16N2O. The van der Waals surface area contributed by atoms with Crippen LogP contribution in [0.4, 0.5) is 0 Å². The maximum Gasteiger partial charge on any atom is 0.208 e. The molecule has 3 nitrogen and oxygen atoms in total. The van der Waals surface area contributed by atoms with Crippen LogP contribution in [0.2, 0.25) is 0 Å². The van der Waals surface area contributed by atoms with Crippen molar-refractivity contribution in [2.75, 3.05) is 34.3 Å². The standard InChI is InChI=1S/C8H16N2O/c1-7-8(9(2)3)11-6-5-10(7)4/h5-6H2,1-4H3. The van der Waals surface area contributed by atoms with Crippen LogP contribution in [0.15, 0.2) is 11.6 Å². The van der Waals surface area contributed by atoms with Crippen LogP contribution in [0.25, 0.3) is 0 Å². The van der Waals surface area contributed by atoms with Gasteiger partial charge >= 0.3 is 0 Å². The first-order chi connectivity index (χ1) is 5.13. The summed E-state index contributed by atoms with van der Waals surface area (Å²) in [6, 6.07) is 0. The van der Waals surface area contributed by atoms with Gasteiger partial charge < -0.3 is 14.5 Å². The SMILES string of the molecule is CC1=C(N(C)C)OCCN1C. The molecule has 3 heteroatoms. The van der Waals surface area contributed by atoms with Gasteiger partial charge in [0.05, 0.1) is 12.2 Å². The van der Waals surface area contributed by atoms with E-state index in [2.05, 4.69) is 18.9 Å². The van der Waals surface area contributed by atoms with Crippen LogP contribution >= 0.6 is 0 Å². The highest BCUT2D eigenvalue weighted by Gasteiger charge is 2.15. The van der Waals surface area contributed by atoms with Gasteiger partial charge in [0.2, 0.25) is 5.88 Å². The Bertz CT molecular complexity index is 175. The minimum Gasteiger partial charge on any atom is -0.476 e. The molecule has 0 fully saturated rings. The van der Waals surface area contributed by atoms with Crippen molar-refractivity contribution in [1.29, 1.82) is 0 Å². The molecule has 1 rings (SSSR count). The van der Waals surface area contributed by atoms with E-state index in [0.717, 1.165) is 19.0 Å². The molecule has 0 bridgehead atoms. The number of rotatable bonds is 1. The Morgan fingerprint density at radius 3 is 2.55 bits per heavy atom. The van der Waals surface area contributed by atoms with E-state index in [0.29, 0.717) is 0 Å². The maximum absolute atomic E-state index is 5.49. The van der Waals surface area contributed by atoms with Crippen molar-refractivity contribution < 1.29 is 4.74 Å². The normalized spacial score (nSPS) is 18.4. The van der Waals surface area contributed by atoms with Gasteiger partial charge in [0.1, 0.15) is 6.61 Å². The van der Waals surface area contributed by atoms with Crippen LogP contribution in [-0.4, -0.2) is 44.1 Å². The van der Waals surface area contributed by atoms with Crippen molar-refractivity contribution in [1.82, 2.24) is 9.80 Å². The van der Waals surface area contributed by atoms with Gasteiger partial charge in [-0.25, -0.2) is 0 Å². The Labute approximate surface area is 68.2 Å². The van der Waals surface area contributed by atoms with Gasteiger partial charge in [-0.05, 0) is 6.92 Å². The van der Waals surface area contributed by atoms with Crippen molar-refractivity contribution in [3.8, 4) is 0 Å². The van der Waals surface area contributed by atoms with Gasteiger partial charge in [0, 0.05) is 21.1 Å². The minimum absolute atomic E-state index is 0.793. The predicted molar refractivity (Wildman–Crippen MR) is 45.0 cm³/mol. The van der Waals surface area contributed by atoms with Crippen molar-refractivity contribution in [2.24, 2.45) is 0 Å². The number of likely N-dealkylation sites (N-methyl/N-ethyl adjacent to an activating group) is 1. The monoisotopic (exact) mass is 156 g/mol. The van der Waals surface area contributed by atoms with Crippen LogP contribution in [0.3, 0.4) is 0 Å². The van der Waals surface area contributed by atoms with E-state index in [1.807, 2.05) is 19.0 Å².